The molecule has 2 aromatic carbocycles. The van der Waals surface area contributed by atoms with Crippen molar-refractivity contribution >= 4 is 15.7 Å². The molecule has 0 radical (unpaired) electrons. The molecule has 0 unspecified atom stereocenters. The van der Waals surface area contributed by atoms with Crippen molar-refractivity contribution in [1.82, 2.24) is 9.88 Å². The van der Waals surface area contributed by atoms with Crippen LogP contribution in [0.25, 0.3) is 11.5 Å². The van der Waals surface area contributed by atoms with Crippen LogP contribution in [0.5, 0.6) is 11.5 Å². The molecule has 11 heteroatoms. The van der Waals surface area contributed by atoms with E-state index in [1.54, 1.807) is 12.1 Å². The van der Waals surface area contributed by atoms with Gasteiger partial charge in [0.1, 0.15) is 19.0 Å². The molecule has 1 saturated heterocycles. The van der Waals surface area contributed by atoms with Gasteiger partial charge < -0.3 is 23.9 Å². The molecule has 0 spiro atoms. The molecular formula is C23H24FN3O6S. The summed E-state index contributed by atoms with van der Waals surface area (Å²) in [5.41, 5.74) is 0.0716. The molecule has 180 valence electrons. The van der Waals surface area contributed by atoms with Crippen LogP contribution in [-0.2, 0) is 14.6 Å². The third-order valence-electron chi connectivity index (χ3n) is 5.60. The van der Waals surface area contributed by atoms with Gasteiger partial charge in [-0.05, 0) is 24.3 Å². The summed E-state index contributed by atoms with van der Waals surface area (Å²) in [6.07, 6.45) is 0. The smallest absolute Gasteiger partial charge is 0.233 e. The zero-order valence-corrected chi connectivity index (χ0v) is 19.1. The van der Waals surface area contributed by atoms with Gasteiger partial charge in [0.15, 0.2) is 11.5 Å². The maximum Gasteiger partial charge on any atom is 0.233 e. The number of ether oxygens (including phenoxy) is 3. The van der Waals surface area contributed by atoms with Crippen molar-refractivity contribution < 1.29 is 31.4 Å². The number of morpholine rings is 1. The average molecular weight is 490 g/mol. The molecule has 0 saturated carbocycles. The van der Waals surface area contributed by atoms with Crippen molar-refractivity contribution in [3.05, 3.63) is 48.3 Å². The molecule has 0 bridgehead atoms. The summed E-state index contributed by atoms with van der Waals surface area (Å²) >= 11 is 0. The van der Waals surface area contributed by atoms with Crippen molar-refractivity contribution in [2.75, 3.05) is 57.9 Å². The van der Waals surface area contributed by atoms with Gasteiger partial charge in [-0.3, -0.25) is 4.90 Å². The van der Waals surface area contributed by atoms with Crippen LogP contribution in [0.4, 0.5) is 10.3 Å². The molecule has 5 rings (SSSR count). The number of sulfone groups is 1. The van der Waals surface area contributed by atoms with Crippen molar-refractivity contribution in [1.29, 1.82) is 0 Å². The standard InChI is InChI=1S/C23H24FN3O6S/c24-18-4-2-1-3-17(18)21-26-23(22(33-21)25-7-8-27-9-11-30-12-10-27)34(28,29)16-5-6-19-20(15-16)32-14-13-31-19/h1-6,15,25H,7-14H2. The van der Waals surface area contributed by atoms with Crippen molar-refractivity contribution in [3.63, 3.8) is 0 Å². The SMILES string of the molecule is O=S(=O)(c1ccc2c(c1)OCCO2)c1nc(-c2ccccc2F)oc1NCCN1CCOCC1. The molecule has 0 amide bonds. The number of hydrogen-bond donors (Lipinski definition) is 1. The topological polar surface area (TPSA) is 103 Å². The van der Waals surface area contributed by atoms with Crippen LogP contribution in [0.3, 0.4) is 0 Å². The van der Waals surface area contributed by atoms with Gasteiger partial charge in [0, 0.05) is 32.2 Å². The van der Waals surface area contributed by atoms with Crippen molar-refractivity contribution in [2.24, 2.45) is 0 Å². The summed E-state index contributed by atoms with van der Waals surface area (Å²) in [5, 5.41) is 2.72. The van der Waals surface area contributed by atoms with Gasteiger partial charge in [-0.2, -0.15) is 4.98 Å². The van der Waals surface area contributed by atoms with E-state index in [-0.39, 0.29) is 27.3 Å². The number of halogens is 1. The second-order valence-corrected chi connectivity index (χ2v) is 9.69. The quantitative estimate of drug-likeness (QED) is 0.537. The highest BCUT2D eigenvalue weighted by atomic mass is 32.2. The van der Waals surface area contributed by atoms with Gasteiger partial charge in [0.2, 0.25) is 26.6 Å². The average Bonchev–Trinajstić information content (AvgIpc) is 3.29. The Morgan fingerprint density at radius 2 is 1.76 bits per heavy atom. The first kappa shape index (κ1) is 22.6. The van der Waals surface area contributed by atoms with E-state index in [1.165, 1.54) is 30.3 Å². The zero-order chi connectivity index (χ0) is 23.5. The van der Waals surface area contributed by atoms with E-state index in [1.807, 2.05) is 0 Å². The maximum atomic E-state index is 14.4. The molecule has 3 heterocycles. The van der Waals surface area contributed by atoms with Crippen LogP contribution >= 0.6 is 0 Å². The first-order valence-electron chi connectivity index (χ1n) is 11.0. The minimum Gasteiger partial charge on any atom is -0.486 e. The normalized spacial score (nSPS) is 16.4. The molecule has 1 aromatic heterocycles. The van der Waals surface area contributed by atoms with E-state index in [0.29, 0.717) is 51.0 Å². The lowest BCUT2D eigenvalue weighted by molar-refractivity contribution is 0.0398. The van der Waals surface area contributed by atoms with Gasteiger partial charge in [-0.25, -0.2) is 12.8 Å². The predicted molar refractivity (Wildman–Crippen MR) is 121 cm³/mol. The fourth-order valence-corrected chi connectivity index (χ4v) is 5.10. The van der Waals surface area contributed by atoms with E-state index in [2.05, 4.69) is 15.2 Å². The number of fused-ring (bicyclic) bond motifs is 1. The largest absolute Gasteiger partial charge is 0.486 e. The molecule has 34 heavy (non-hydrogen) atoms. The first-order valence-corrected chi connectivity index (χ1v) is 12.4. The van der Waals surface area contributed by atoms with Crippen LogP contribution in [0.1, 0.15) is 0 Å². The van der Waals surface area contributed by atoms with Gasteiger partial charge in [0.05, 0.1) is 23.7 Å². The molecule has 1 fully saturated rings. The molecule has 2 aliphatic rings. The Kier molecular flexibility index (Phi) is 6.40. The highest BCUT2D eigenvalue weighted by Crippen LogP contribution is 2.37. The fourth-order valence-electron chi connectivity index (χ4n) is 3.80. The lowest BCUT2D eigenvalue weighted by atomic mass is 10.2. The van der Waals surface area contributed by atoms with Crippen LogP contribution < -0.4 is 14.8 Å². The number of benzene rings is 2. The number of oxazole rings is 1. The maximum absolute atomic E-state index is 14.4. The number of aromatic nitrogens is 1. The Morgan fingerprint density at radius 1 is 1.00 bits per heavy atom. The molecule has 0 atom stereocenters. The fraction of sp³-hybridized carbons (Fsp3) is 0.348. The Labute approximate surface area is 196 Å². The van der Waals surface area contributed by atoms with E-state index < -0.39 is 15.7 Å². The molecule has 9 nitrogen and oxygen atoms in total. The lowest BCUT2D eigenvalue weighted by Crippen LogP contribution is -2.39. The number of nitrogens with zero attached hydrogens (tertiary/aromatic N) is 2. The summed E-state index contributed by atoms with van der Waals surface area (Å²) < 4.78 is 63.6. The third-order valence-corrected chi connectivity index (χ3v) is 7.26. The lowest BCUT2D eigenvalue weighted by Gasteiger charge is -2.26. The minimum absolute atomic E-state index is 0.0265. The van der Waals surface area contributed by atoms with Crippen LogP contribution in [0.15, 0.2) is 56.8 Å². The highest BCUT2D eigenvalue weighted by Gasteiger charge is 2.30. The summed E-state index contributed by atoms with van der Waals surface area (Å²) in [5.74, 6) is 0.0876. The second kappa shape index (κ2) is 9.61. The summed E-state index contributed by atoms with van der Waals surface area (Å²) in [6, 6.07) is 10.3. The Bertz CT molecular complexity index is 1270. The second-order valence-electron chi connectivity index (χ2n) is 7.82. The summed E-state index contributed by atoms with van der Waals surface area (Å²) in [4.78, 5) is 6.37. The molecule has 2 aliphatic heterocycles. The van der Waals surface area contributed by atoms with E-state index in [9.17, 15) is 12.8 Å². The summed E-state index contributed by atoms with van der Waals surface area (Å²) in [7, 11) is -4.12. The first-order chi connectivity index (χ1) is 16.5. The Morgan fingerprint density at radius 3 is 2.56 bits per heavy atom. The number of rotatable bonds is 7. The van der Waals surface area contributed by atoms with Crippen molar-refractivity contribution in [2.45, 2.75) is 9.92 Å². The summed E-state index contributed by atoms with van der Waals surface area (Å²) in [6.45, 7) is 4.69. The minimum atomic E-state index is -4.12. The van der Waals surface area contributed by atoms with Gasteiger partial charge in [0.25, 0.3) is 0 Å². The number of nitrogens with one attached hydrogen (secondary N) is 1. The number of hydrogen-bond acceptors (Lipinski definition) is 9. The Balaban J connectivity index is 1.48. The predicted octanol–water partition coefficient (Wildman–Crippen LogP) is 2.83. The van der Waals surface area contributed by atoms with Gasteiger partial charge >= 0.3 is 0 Å². The van der Waals surface area contributed by atoms with Crippen LogP contribution in [0.2, 0.25) is 0 Å². The van der Waals surface area contributed by atoms with E-state index in [0.717, 1.165) is 13.1 Å². The zero-order valence-electron chi connectivity index (χ0n) is 18.3. The third kappa shape index (κ3) is 4.59. The van der Waals surface area contributed by atoms with Gasteiger partial charge in [-0.15, -0.1) is 0 Å². The van der Waals surface area contributed by atoms with Gasteiger partial charge in [-0.1, -0.05) is 12.1 Å². The monoisotopic (exact) mass is 489 g/mol. The van der Waals surface area contributed by atoms with E-state index in [4.69, 9.17) is 18.6 Å². The van der Waals surface area contributed by atoms with Crippen LogP contribution in [0, 0.1) is 5.82 Å². The van der Waals surface area contributed by atoms with E-state index >= 15 is 0 Å². The molecule has 1 N–H and O–H groups in total. The molecule has 0 aliphatic carbocycles. The van der Waals surface area contributed by atoms with Crippen LogP contribution in [-0.4, -0.2) is 70.9 Å². The number of anilines is 1. The Hall–Kier alpha value is -3.15. The highest BCUT2D eigenvalue weighted by molar-refractivity contribution is 7.91. The molecule has 3 aromatic rings. The van der Waals surface area contributed by atoms with Crippen molar-refractivity contribution in [3.8, 4) is 23.0 Å². The molecular weight excluding hydrogens is 465 g/mol.